The number of aliphatic hydroxyl groups is 1. The predicted octanol–water partition coefficient (Wildman–Crippen LogP) is 0.208. The molecule has 1 N–H and O–H groups in total. The van der Waals surface area contributed by atoms with Crippen LogP contribution in [0.3, 0.4) is 0 Å². The molecule has 0 aromatic rings. The number of rotatable bonds is 0. The molecule has 1 amide bonds. The Bertz CT molecular complexity index is 160. The maximum atomic E-state index is 11.0. The van der Waals surface area contributed by atoms with E-state index in [0.717, 1.165) is 0 Å². The summed E-state index contributed by atoms with van der Waals surface area (Å²) in [6, 6.07) is -0.109. The van der Waals surface area contributed by atoms with E-state index >= 15 is 0 Å². The van der Waals surface area contributed by atoms with Gasteiger partial charge in [-0.3, -0.25) is 0 Å². The quantitative estimate of drug-likeness (QED) is 0.549. The Kier molecular flexibility index (Phi) is 2.34. The molecular weight excluding hydrogens is 146 g/mol. The summed E-state index contributed by atoms with van der Waals surface area (Å²) in [7, 11) is 1.35. The van der Waals surface area contributed by atoms with Gasteiger partial charge in [-0.1, -0.05) is 0 Å². The van der Waals surface area contributed by atoms with Crippen molar-refractivity contribution in [1.29, 1.82) is 0 Å². The average molecular weight is 159 g/mol. The van der Waals surface area contributed by atoms with E-state index in [4.69, 9.17) is 0 Å². The molecule has 1 rings (SSSR count). The van der Waals surface area contributed by atoms with Crippen molar-refractivity contribution in [3.63, 3.8) is 0 Å². The Morgan fingerprint density at radius 1 is 1.73 bits per heavy atom. The largest absolute Gasteiger partial charge is 0.453 e. The zero-order valence-electron chi connectivity index (χ0n) is 6.78. The van der Waals surface area contributed by atoms with E-state index < -0.39 is 6.10 Å². The molecule has 1 saturated heterocycles. The van der Waals surface area contributed by atoms with Crippen LogP contribution >= 0.6 is 0 Å². The van der Waals surface area contributed by atoms with Crippen LogP contribution in [0.1, 0.15) is 13.3 Å². The zero-order chi connectivity index (χ0) is 8.43. The molecule has 0 saturated carbocycles. The summed E-state index contributed by atoms with van der Waals surface area (Å²) in [5, 5.41) is 9.26. The van der Waals surface area contributed by atoms with E-state index in [1.54, 1.807) is 0 Å². The minimum absolute atomic E-state index is 0.109. The van der Waals surface area contributed by atoms with Crippen molar-refractivity contribution >= 4 is 6.09 Å². The van der Waals surface area contributed by atoms with Crippen molar-refractivity contribution in [3.8, 4) is 0 Å². The summed E-state index contributed by atoms with van der Waals surface area (Å²) in [4.78, 5) is 12.5. The van der Waals surface area contributed by atoms with E-state index in [-0.39, 0.29) is 12.1 Å². The number of hydrogen-bond acceptors (Lipinski definition) is 3. The highest BCUT2D eigenvalue weighted by molar-refractivity contribution is 5.68. The van der Waals surface area contributed by atoms with Gasteiger partial charge < -0.3 is 14.7 Å². The molecule has 4 nitrogen and oxygen atoms in total. The maximum Gasteiger partial charge on any atom is 0.409 e. The highest BCUT2D eigenvalue weighted by Crippen LogP contribution is 2.17. The molecule has 2 unspecified atom stereocenters. The Balaban J connectivity index is 2.54. The smallest absolute Gasteiger partial charge is 0.409 e. The van der Waals surface area contributed by atoms with Gasteiger partial charge in [0, 0.05) is 6.54 Å². The van der Waals surface area contributed by atoms with Crippen molar-refractivity contribution in [2.75, 3.05) is 13.7 Å². The van der Waals surface area contributed by atoms with Crippen molar-refractivity contribution in [2.24, 2.45) is 0 Å². The third kappa shape index (κ3) is 1.45. The molecule has 1 aliphatic heterocycles. The number of ether oxygens (including phenoxy) is 1. The number of aliphatic hydroxyl groups excluding tert-OH is 1. The number of amides is 1. The fourth-order valence-corrected chi connectivity index (χ4v) is 1.30. The summed E-state index contributed by atoms with van der Waals surface area (Å²) in [6.07, 6.45) is -0.0980. The lowest BCUT2D eigenvalue weighted by Gasteiger charge is -2.20. The van der Waals surface area contributed by atoms with Crippen LogP contribution < -0.4 is 0 Å². The molecule has 0 aliphatic carbocycles. The van der Waals surface area contributed by atoms with Crippen LogP contribution in [0.5, 0.6) is 0 Å². The number of methoxy groups -OCH3 is 1. The number of likely N-dealkylation sites (tertiary alicyclic amines) is 1. The van der Waals surface area contributed by atoms with Gasteiger partial charge in [-0.25, -0.2) is 4.79 Å². The molecule has 0 spiro atoms. The second-order valence-electron chi connectivity index (χ2n) is 2.76. The highest BCUT2D eigenvalue weighted by Gasteiger charge is 2.32. The third-order valence-corrected chi connectivity index (χ3v) is 2.12. The Labute approximate surface area is 65.8 Å². The first-order valence-corrected chi connectivity index (χ1v) is 3.69. The van der Waals surface area contributed by atoms with Crippen LogP contribution in [0, 0.1) is 0 Å². The van der Waals surface area contributed by atoms with E-state index in [1.807, 2.05) is 6.92 Å². The molecule has 11 heavy (non-hydrogen) atoms. The third-order valence-electron chi connectivity index (χ3n) is 2.12. The summed E-state index contributed by atoms with van der Waals surface area (Å²) in [6.45, 7) is 2.41. The monoisotopic (exact) mass is 159 g/mol. The van der Waals surface area contributed by atoms with E-state index in [2.05, 4.69) is 4.74 Å². The van der Waals surface area contributed by atoms with E-state index in [1.165, 1.54) is 12.0 Å². The van der Waals surface area contributed by atoms with Gasteiger partial charge in [0.25, 0.3) is 0 Å². The summed E-state index contributed by atoms with van der Waals surface area (Å²) in [5.41, 5.74) is 0. The fourth-order valence-electron chi connectivity index (χ4n) is 1.30. The van der Waals surface area contributed by atoms with Crippen LogP contribution in [0.15, 0.2) is 0 Å². The molecule has 64 valence electrons. The number of hydrogen-bond donors (Lipinski definition) is 1. The molecular formula is C7H13NO3. The topological polar surface area (TPSA) is 49.8 Å². The van der Waals surface area contributed by atoms with Crippen LogP contribution in [0.2, 0.25) is 0 Å². The van der Waals surface area contributed by atoms with Gasteiger partial charge in [-0.2, -0.15) is 0 Å². The van der Waals surface area contributed by atoms with Crippen LogP contribution in [0.4, 0.5) is 4.79 Å². The van der Waals surface area contributed by atoms with Crippen LogP contribution in [-0.2, 0) is 4.74 Å². The number of carbonyl (C=O) groups is 1. The highest BCUT2D eigenvalue weighted by atomic mass is 16.5. The average Bonchev–Trinajstić information content (AvgIpc) is 2.32. The van der Waals surface area contributed by atoms with Gasteiger partial charge in [-0.15, -0.1) is 0 Å². The fraction of sp³-hybridized carbons (Fsp3) is 0.857. The van der Waals surface area contributed by atoms with Crippen LogP contribution in [0.25, 0.3) is 0 Å². The molecule has 4 heteroatoms. The lowest BCUT2D eigenvalue weighted by Crippen LogP contribution is -2.37. The molecule has 0 aromatic carbocycles. The van der Waals surface area contributed by atoms with E-state index in [0.29, 0.717) is 13.0 Å². The standard InChI is InChI=1S/C7H13NO3/c1-5-6(9)3-4-8(5)7(10)11-2/h5-6,9H,3-4H2,1-2H3. The molecule has 0 aromatic heterocycles. The number of carbonyl (C=O) groups excluding carboxylic acids is 1. The zero-order valence-corrected chi connectivity index (χ0v) is 6.78. The van der Waals surface area contributed by atoms with Gasteiger partial charge in [0.15, 0.2) is 0 Å². The molecule has 0 radical (unpaired) electrons. The van der Waals surface area contributed by atoms with Crippen LogP contribution in [-0.4, -0.2) is 41.9 Å². The molecule has 1 fully saturated rings. The molecule has 1 aliphatic rings. The van der Waals surface area contributed by atoms with Crippen molar-refractivity contribution in [3.05, 3.63) is 0 Å². The molecule has 0 bridgehead atoms. The second-order valence-corrected chi connectivity index (χ2v) is 2.76. The lowest BCUT2D eigenvalue weighted by molar-refractivity contribution is 0.0953. The van der Waals surface area contributed by atoms with Crippen molar-refractivity contribution in [1.82, 2.24) is 4.90 Å². The first kappa shape index (κ1) is 8.33. The first-order chi connectivity index (χ1) is 5.16. The summed E-state index contributed by atoms with van der Waals surface area (Å²) in [5.74, 6) is 0. The SMILES string of the molecule is COC(=O)N1CCC(O)C1C. The van der Waals surface area contributed by atoms with Crippen molar-refractivity contribution < 1.29 is 14.6 Å². The Morgan fingerprint density at radius 3 is 2.73 bits per heavy atom. The summed E-state index contributed by atoms with van der Waals surface area (Å²) < 4.78 is 4.53. The maximum absolute atomic E-state index is 11.0. The van der Waals surface area contributed by atoms with Gasteiger partial charge in [0.2, 0.25) is 0 Å². The van der Waals surface area contributed by atoms with Gasteiger partial charge in [0.05, 0.1) is 19.3 Å². The van der Waals surface area contributed by atoms with Gasteiger partial charge >= 0.3 is 6.09 Å². The number of nitrogens with zero attached hydrogens (tertiary/aromatic N) is 1. The predicted molar refractivity (Wildman–Crippen MR) is 39.2 cm³/mol. The van der Waals surface area contributed by atoms with E-state index in [9.17, 15) is 9.90 Å². The second kappa shape index (κ2) is 3.09. The summed E-state index contributed by atoms with van der Waals surface area (Å²) >= 11 is 0. The normalized spacial score (nSPS) is 30.6. The Morgan fingerprint density at radius 2 is 2.36 bits per heavy atom. The van der Waals surface area contributed by atoms with Crippen molar-refractivity contribution in [2.45, 2.75) is 25.5 Å². The molecule has 1 heterocycles. The minimum atomic E-state index is -0.394. The Hall–Kier alpha value is -0.770. The minimum Gasteiger partial charge on any atom is -0.453 e. The molecule has 2 atom stereocenters. The first-order valence-electron chi connectivity index (χ1n) is 3.69. The van der Waals surface area contributed by atoms with Gasteiger partial charge in [0.1, 0.15) is 0 Å². The van der Waals surface area contributed by atoms with Gasteiger partial charge in [-0.05, 0) is 13.3 Å². The lowest BCUT2D eigenvalue weighted by atomic mass is 10.2.